The Labute approximate surface area is 223 Å². The molecule has 206 valence electrons. The van der Waals surface area contributed by atoms with Crippen molar-refractivity contribution in [3.05, 3.63) is 11.6 Å². The summed E-state index contributed by atoms with van der Waals surface area (Å²) in [6.45, 7) is 24.4. The fourth-order valence-corrected chi connectivity index (χ4v) is 12.4. The molecule has 0 saturated heterocycles. The number of allylic oxidation sites excluding steroid dienone is 2. The van der Waals surface area contributed by atoms with Gasteiger partial charge >= 0.3 is 0 Å². The first kappa shape index (κ1) is 27.2. The van der Waals surface area contributed by atoms with E-state index in [1.54, 1.807) is 0 Å². The van der Waals surface area contributed by atoms with E-state index in [-0.39, 0.29) is 5.41 Å². The number of fused-ring (bicyclic) bond motifs is 7. The highest BCUT2D eigenvalue weighted by Crippen LogP contribution is 2.77. The Morgan fingerprint density at radius 2 is 1.50 bits per heavy atom. The maximum atomic E-state index is 6.14. The first-order valence-electron chi connectivity index (χ1n) is 15.3. The summed E-state index contributed by atoms with van der Waals surface area (Å²) in [5, 5.41) is 0. The van der Waals surface area contributed by atoms with Gasteiger partial charge in [0, 0.05) is 19.6 Å². The minimum absolute atomic E-state index is 0.102. The Kier molecular flexibility index (Phi) is 6.12. The average molecular weight is 499 g/mol. The third-order valence-electron chi connectivity index (χ3n) is 14.5. The van der Waals surface area contributed by atoms with Crippen LogP contribution in [0.4, 0.5) is 0 Å². The van der Waals surface area contributed by atoms with Gasteiger partial charge in [-0.2, -0.15) is 0 Å². The summed E-state index contributed by atoms with van der Waals surface area (Å²) >= 11 is 0. The first-order chi connectivity index (χ1) is 16.5. The quantitative estimate of drug-likeness (QED) is 0.361. The van der Waals surface area contributed by atoms with E-state index < -0.39 is 0 Å². The van der Waals surface area contributed by atoms with Crippen LogP contribution in [0.2, 0.25) is 0 Å². The van der Waals surface area contributed by atoms with Gasteiger partial charge in [0.25, 0.3) is 0 Å². The van der Waals surface area contributed by atoms with Gasteiger partial charge in [0.2, 0.25) is 0 Å². The molecular formula is C34H58O2. The Bertz CT molecular complexity index is 916. The summed E-state index contributed by atoms with van der Waals surface area (Å²) in [5.41, 5.74) is 4.28. The van der Waals surface area contributed by atoms with Crippen molar-refractivity contribution in [3.63, 3.8) is 0 Å². The van der Waals surface area contributed by atoms with Crippen LogP contribution < -0.4 is 0 Å². The zero-order valence-electron chi connectivity index (χ0n) is 25.8. The molecule has 0 heterocycles. The maximum absolute atomic E-state index is 6.14. The second-order valence-electron chi connectivity index (χ2n) is 16.9. The number of hydrogen-bond acceptors (Lipinski definition) is 2. The van der Waals surface area contributed by atoms with Gasteiger partial charge in [0.05, 0.1) is 12.7 Å². The predicted octanol–water partition coefficient (Wildman–Crippen LogP) is 9.09. The minimum Gasteiger partial charge on any atom is -0.384 e. The highest BCUT2D eigenvalue weighted by atomic mass is 16.5. The molecular weight excluding hydrogens is 440 g/mol. The molecule has 0 aliphatic heterocycles. The van der Waals surface area contributed by atoms with Crippen molar-refractivity contribution in [1.29, 1.82) is 0 Å². The second kappa shape index (κ2) is 8.09. The lowest BCUT2D eigenvalue weighted by atomic mass is 9.32. The summed E-state index contributed by atoms with van der Waals surface area (Å²) in [6, 6.07) is 0. The van der Waals surface area contributed by atoms with E-state index in [0.717, 1.165) is 18.4 Å². The Morgan fingerprint density at radius 1 is 0.806 bits per heavy atom. The molecule has 9 atom stereocenters. The molecule has 0 aromatic rings. The van der Waals surface area contributed by atoms with Crippen molar-refractivity contribution in [2.45, 2.75) is 126 Å². The molecule has 5 aliphatic rings. The van der Waals surface area contributed by atoms with Gasteiger partial charge in [0.15, 0.2) is 0 Å². The lowest BCUT2D eigenvalue weighted by molar-refractivity contribution is -0.225. The topological polar surface area (TPSA) is 18.5 Å². The highest BCUT2D eigenvalue weighted by Gasteiger charge is 2.69. The lowest BCUT2D eigenvalue weighted by Gasteiger charge is -2.73. The van der Waals surface area contributed by atoms with E-state index in [9.17, 15) is 0 Å². The van der Waals surface area contributed by atoms with Crippen LogP contribution in [0.15, 0.2) is 11.6 Å². The SMILES string of the molecule is COCC1(C)C(OC)CCC2(C)C1CCC1(C)C2CC=C2C3CC(C)(C)CC(C)(C)C3(C)CCC21C. The van der Waals surface area contributed by atoms with Crippen LogP contribution in [0.5, 0.6) is 0 Å². The molecule has 0 radical (unpaired) electrons. The van der Waals surface area contributed by atoms with Crippen molar-refractivity contribution in [2.75, 3.05) is 20.8 Å². The molecule has 0 spiro atoms. The predicted molar refractivity (Wildman–Crippen MR) is 151 cm³/mol. The Balaban J connectivity index is 1.58. The molecule has 2 nitrogen and oxygen atoms in total. The zero-order valence-corrected chi connectivity index (χ0v) is 25.8. The van der Waals surface area contributed by atoms with Gasteiger partial charge in [-0.1, -0.05) is 74.0 Å². The van der Waals surface area contributed by atoms with Crippen molar-refractivity contribution in [2.24, 2.45) is 55.7 Å². The Morgan fingerprint density at radius 3 is 2.14 bits per heavy atom. The lowest BCUT2D eigenvalue weighted by Crippen LogP contribution is -2.66. The molecule has 0 bridgehead atoms. The highest BCUT2D eigenvalue weighted by molar-refractivity contribution is 5.34. The molecule has 9 unspecified atom stereocenters. The monoisotopic (exact) mass is 498 g/mol. The molecule has 2 heteroatoms. The van der Waals surface area contributed by atoms with Gasteiger partial charge in [-0.05, 0) is 108 Å². The van der Waals surface area contributed by atoms with Gasteiger partial charge in [-0.15, -0.1) is 0 Å². The van der Waals surface area contributed by atoms with Gasteiger partial charge in [-0.25, -0.2) is 0 Å². The van der Waals surface area contributed by atoms with Gasteiger partial charge < -0.3 is 9.47 Å². The van der Waals surface area contributed by atoms with E-state index in [1.807, 2.05) is 19.8 Å². The molecule has 0 N–H and O–H groups in total. The van der Waals surface area contributed by atoms with Crippen LogP contribution >= 0.6 is 0 Å². The van der Waals surface area contributed by atoms with E-state index in [4.69, 9.17) is 9.47 Å². The van der Waals surface area contributed by atoms with Gasteiger partial charge in [0.1, 0.15) is 0 Å². The van der Waals surface area contributed by atoms with Crippen molar-refractivity contribution < 1.29 is 9.47 Å². The van der Waals surface area contributed by atoms with Crippen molar-refractivity contribution >= 4 is 0 Å². The van der Waals surface area contributed by atoms with E-state index in [1.165, 1.54) is 57.8 Å². The summed E-state index contributed by atoms with van der Waals surface area (Å²) in [4.78, 5) is 0. The van der Waals surface area contributed by atoms with Crippen molar-refractivity contribution in [3.8, 4) is 0 Å². The fourth-order valence-electron chi connectivity index (χ4n) is 12.4. The molecule has 0 amide bonds. The van der Waals surface area contributed by atoms with Gasteiger partial charge in [-0.3, -0.25) is 0 Å². The number of rotatable bonds is 3. The molecule has 5 rings (SSSR count). The van der Waals surface area contributed by atoms with Crippen LogP contribution in [-0.4, -0.2) is 26.9 Å². The van der Waals surface area contributed by atoms with Crippen LogP contribution in [0.1, 0.15) is 120 Å². The largest absolute Gasteiger partial charge is 0.384 e. The normalized spacial score (nSPS) is 53.4. The molecule has 4 fully saturated rings. The number of hydrogen-bond donors (Lipinski definition) is 0. The van der Waals surface area contributed by atoms with Crippen molar-refractivity contribution in [1.82, 2.24) is 0 Å². The van der Waals surface area contributed by atoms with Crippen LogP contribution in [0.25, 0.3) is 0 Å². The smallest absolute Gasteiger partial charge is 0.0650 e. The summed E-state index contributed by atoms with van der Waals surface area (Å²) in [5.74, 6) is 2.16. The minimum atomic E-state index is 0.102. The first-order valence-corrected chi connectivity index (χ1v) is 15.3. The summed E-state index contributed by atoms with van der Waals surface area (Å²) in [7, 11) is 3.82. The number of methoxy groups -OCH3 is 2. The summed E-state index contributed by atoms with van der Waals surface area (Å²) < 4.78 is 12.0. The molecule has 5 aliphatic carbocycles. The fraction of sp³-hybridized carbons (Fsp3) is 0.941. The second-order valence-corrected chi connectivity index (χ2v) is 16.9. The zero-order chi connectivity index (χ0) is 26.6. The third-order valence-corrected chi connectivity index (χ3v) is 14.5. The van der Waals surface area contributed by atoms with Crippen LogP contribution in [0.3, 0.4) is 0 Å². The maximum Gasteiger partial charge on any atom is 0.0650 e. The van der Waals surface area contributed by atoms with E-state index in [2.05, 4.69) is 68.4 Å². The van der Waals surface area contributed by atoms with Crippen LogP contribution in [0, 0.1) is 55.7 Å². The summed E-state index contributed by atoms with van der Waals surface area (Å²) in [6.07, 6.45) is 15.1. The van der Waals surface area contributed by atoms with E-state index >= 15 is 0 Å². The molecule has 0 aromatic heterocycles. The van der Waals surface area contributed by atoms with E-state index in [0.29, 0.717) is 44.5 Å². The molecule has 4 saturated carbocycles. The molecule has 36 heavy (non-hydrogen) atoms. The Hall–Kier alpha value is -0.340. The average Bonchev–Trinajstić information content (AvgIpc) is 2.75. The third kappa shape index (κ3) is 3.28. The van der Waals surface area contributed by atoms with Crippen LogP contribution in [-0.2, 0) is 9.47 Å². The number of ether oxygens (including phenoxy) is 2. The standard InChI is InChI=1S/C34H58O2/c1-28(2)20-24-23-12-13-26-30(5)16-15-27(36-11)31(6,22-35-10)25(30)14-17-34(26,9)33(23,8)19-18-32(24,7)29(3,4)21-28/h12,24-27H,13-22H2,1-11H3. The molecule has 0 aromatic carbocycles.